The Bertz CT molecular complexity index is 287. The maximum atomic E-state index is 4.68. The minimum absolute atomic E-state index is 0.560. The summed E-state index contributed by atoms with van der Waals surface area (Å²) in [5, 5.41) is 3.43. The molecule has 78 valence electrons. The zero-order valence-electron chi connectivity index (χ0n) is 8.99. The van der Waals surface area contributed by atoms with Crippen LogP contribution in [0.25, 0.3) is 0 Å². The maximum Gasteiger partial charge on any atom is 0.185 e. The van der Waals surface area contributed by atoms with Crippen LogP contribution in [0.2, 0.25) is 0 Å². The second-order valence-electron chi connectivity index (χ2n) is 4.26. The lowest BCUT2D eigenvalue weighted by atomic mass is 10.1. The van der Waals surface area contributed by atoms with Gasteiger partial charge in [0.05, 0.1) is 5.69 Å². The number of anilines is 1. The normalized spacial score (nSPS) is 17.8. The molecule has 0 atom stereocenters. The highest BCUT2D eigenvalue weighted by atomic mass is 32.1. The number of hydrogen-bond acceptors (Lipinski definition) is 3. The van der Waals surface area contributed by atoms with Crippen molar-refractivity contribution in [2.24, 2.45) is 0 Å². The third-order valence-electron chi connectivity index (χ3n) is 2.73. The van der Waals surface area contributed by atoms with Crippen LogP contribution in [-0.4, -0.2) is 18.1 Å². The third-order valence-corrected chi connectivity index (χ3v) is 3.65. The van der Waals surface area contributed by atoms with E-state index in [1.54, 1.807) is 11.3 Å². The monoisotopic (exact) mass is 210 g/mol. The zero-order valence-corrected chi connectivity index (χ0v) is 9.81. The first kappa shape index (κ1) is 9.97. The first-order valence-electron chi connectivity index (χ1n) is 5.48. The summed E-state index contributed by atoms with van der Waals surface area (Å²) in [7, 11) is 0. The molecule has 0 N–H and O–H groups in total. The lowest BCUT2D eigenvalue weighted by Gasteiger charge is -2.25. The molecule has 2 heterocycles. The number of nitrogens with zero attached hydrogens (tertiary/aromatic N) is 2. The van der Waals surface area contributed by atoms with E-state index in [4.69, 9.17) is 0 Å². The lowest BCUT2D eigenvalue weighted by molar-refractivity contribution is 0.576. The predicted octanol–water partition coefficient (Wildman–Crippen LogP) is 3.26. The molecule has 0 unspecified atom stereocenters. The minimum atomic E-state index is 0.560. The molecular formula is C11H18N2S. The van der Waals surface area contributed by atoms with Crippen molar-refractivity contribution in [2.75, 3.05) is 18.0 Å². The van der Waals surface area contributed by atoms with E-state index in [9.17, 15) is 0 Å². The first-order valence-corrected chi connectivity index (χ1v) is 6.35. The number of thiazole rings is 1. The number of hydrogen-bond donors (Lipinski definition) is 0. The summed E-state index contributed by atoms with van der Waals surface area (Å²) < 4.78 is 0. The fourth-order valence-corrected chi connectivity index (χ4v) is 2.81. The van der Waals surface area contributed by atoms with Crippen LogP contribution in [0, 0.1) is 0 Å². The molecule has 0 spiro atoms. The van der Waals surface area contributed by atoms with Crippen molar-refractivity contribution in [1.82, 2.24) is 4.98 Å². The Labute approximate surface area is 90.0 Å². The molecule has 0 saturated carbocycles. The molecule has 3 heteroatoms. The van der Waals surface area contributed by atoms with Gasteiger partial charge < -0.3 is 4.90 Å². The Kier molecular flexibility index (Phi) is 3.06. The number of rotatable bonds is 2. The summed E-state index contributed by atoms with van der Waals surface area (Å²) in [4.78, 5) is 7.11. The Balaban J connectivity index is 2.07. The number of aromatic nitrogens is 1. The van der Waals surface area contributed by atoms with Crippen LogP contribution in [-0.2, 0) is 0 Å². The summed E-state index contributed by atoms with van der Waals surface area (Å²) in [5.41, 5.74) is 1.25. The van der Waals surface area contributed by atoms with Crippen LogP contribution in [0.4, 0.5) is 5.13 Å². The minimum Gasteiger partial charge on any atom is -0.348 e. The highest BCUT2D eigenvalue weighted by molar-refractivity contribution is 7.13. The van der Waals surface area contributed by atoms with E-state index in [1.807, 2.05) is 0 Å². The maximum absolute atomic E-state index is 4.68. The summed E-state index contributed by atoms with van der Waals surface area (Å²) in [6, 6.07) is 0. The van der Waals surface area contributed by atoms with Gasteiger partial charge in [-0.2, -0.15) is 0 Å². The van der Waals surface area contributed by atoms with Gasteiger partial charge >= 0.3 is 0 Å². The van der Waals surface area contributed by atoms with Gasteiger partial charge in [-0.25, -0.2) is 4.98 Å². The Morgan fingerprint density at radius 3 is 2.57 bits per heavy atom. The Hall–Kier alpha value is -0.570. The molecular weight excluding hydrogens is 192 g/mol. The molecule has 1 fully saturated rings. The largest absolute Gasteiger partial charge is 0.348 e. The van der Waals surface area contributed by atoms with Crippen LogP contribution >= 0.6 is 11.3 Å². The highest BCUT2D eigenvalue weighted by Crippen LogP contribution is 2.26. The Morgan fingerprint density at radius 2 is 2.00 bits per heavy atom. The van der Waals surface area contributed by atoms with E-state index >= 15 is 0 Å². The van der Waals surface area contributed by atoms with Gasteiger partial charge in [0.15, 0.2) is 5.13 Å². The van der Waals surface area contributed by atoms with E-state index < -0.39 is 0 Å². The van der Waals surface area contributed by atoms with Gasteiger partial charge in [-0.15, -0.1) is 11.3 Å². The molecule has 0 bridgehead atoms. The van der Waals surface area contributed by atoms with Gasteiger partial charge in [-0.3, -0.25) is 0 Å². The van der Waals surface area contributed by atoms with Crippen molar-refractivity contribution >= 4 is 16.5 Å². The van der Waals surface area contributed by atoms with Crippen molar-refractivity contribution in [1.29, 1.82) is 0 Å². The summed E-state index contributed by atoms with van der Waals surface area (Å²) in [5.74, 6) is 0.560. The summed E-state index contributed by atoms with van der Waals surface area (Å²) in [6.07, 6.45) is 4.05. The van der Waals surface area contributed by atoms with Crippen molar-refractivity contribution < 1.29 is 0 Å². The second kappa shape index (κ2) is 4.30. The van der Waals surface area contributed by atoms with Crippen LogP contribution in [0.15, 0.2) is 5.38 Å². The average Bonchev–Trinajstić information content (AvgIpc) is 2.68. The quantitative estimate of drug-likeness (QED) is 0.745. The first-order chi connectivity index (χ1) is 6.77. The Morgan fingerprint density at radius 1 is 1.29 bits per heavy atom. The fraction of sp³-hybridized carbons (Fsp3) is 0.727. The SMILES string of the molecule is CC(C)c1csc(N2CCCCC2)n1. The van der Waals surface area contributed by atoms with Crippen LogP contribution < -0.4 is 4.90 Å². The highest BCUT2D eigenvalue weighted by Gasteiger charge is 2.14. The molecule has 1 saturated heterocycles. The standard InChI is InChI=1S/C11H18N2S/c1-9(2)10-8-14-11(12-10)13-6-4-3-5-7-13/h8-9H,3-7H2,1-2H3. The van der Waals surface area contributed by atoms with Crippen molar-refractivity contribution in [3.05, 3.63) is 11.1 Å². The molecule has 2 rings (SSSR count). The summed E-state index contributed by atoms with van der Waals surface area (Å²) in [6.45, 7) is 6.81. The predicted molar refractivity (Wildman–Crippen MR) is 62.3 cm³/mol. The van der Waals surface area contributed by atoms with Crippen molar-refractivity contribution in [3.8, 4) is 0 Å². The van der Waals surface area contributed by atoms with E-state index in [1.165, 1.54) is 43.2 Å². The van der Waals surface area contributed by atoms with Crippen molar-refractivity contribution in [3.63, 3.8) is 0 Å². The average molecular weight is 210 g/mol. The molecule has 0 radical (unpaired) electrons. The van der Waals surface area contributed by atoms with Gasteiger partial charge in [0, 0.05) is 18.5 Å². The summed E-state index contributed by atoms with van der Waals surface area (Å²) >= 11 is 1.80. The molecule has 0 aromatic carbocycles. The molecule has 1 aliphatic heterocycles. The molecule has 14 heavy (non-hydrogen) atoms. The molecule has 0 amide bonds. The second-order valence-corrected chi connectivity index (χ2v) is 5.09. The smallest absolute Gasteiger partial charge is 0.185 e. The van der Waals surface area contributed by atoms with Gasteiger partial charge in [-0.1, -0.05) is 13.8 Å². The van der Waals surface area contributed by atoms with Crippen LogP contribution in [0.3, 0.4) is 0 Å². The van der Waals surface area contributed by atoms with Crippen molar-refractivity contribution in [2.45, 2.75) is 39.0 Å². The van der Waals surface area contributed by atoms with E-state index in [2.05, 4.69) is 29.1 Å². The van der Waals surface area contributed by atoms with Gasteiger partial charge in [0.2, 0.25) is 0 Å². The van der Waals surface area contributed by atoms with Gasteiger partial charge in [-0.05, 0) is 25.2 Å². The third kappa shape index (κ3) is 2.08. The van der Waals surface area contributed by atoms with Gasteiger partial charge in [0.1, 0.15) is 0 Å². The molecule has 0 aliphatic carbocycles. The zero-order chi connectivity index (χ0) is 9.97. The topological polar surface area (TPSA) is 16.1 Å². The number of piperidine rings is 1. The van der Waals surface area contributed by atoms with E-state index in [-0.39, 0.29) is 0 Å². The van der Waals surface area contributed by atoms with E-state index in [0.29, 0.717) is 5.92 Å². The van der Waals surface area contributed by atoms with Crippen LogP contribution in [0.1, 0.15) is 44.7 Å². The molecule has 1 aromatic heterocycles. The molecule has 1 aliphatic rings. The fourth-order valence-electron chi connectivity index (χ4n) is 1.77. The van der Waals surface area contributed by atoms with Crippen LogP contribution in [0.5, 0.6) is 0 Å². The van der Waals surface area contributed by atoms with Gasteiger partial charge in [0.25, 0.3) is 0 Å². The molecule has 2 nitrogen and oxygen atoms in total. The lowest BCUT2D eigenvalue weighted by Crippen LogP contribution is -2.29. The van der Waals surface area contributed by atoms with E-state index in [0.717, 1.165) is 0 Å². The molecule has 1 aromatic rings.